The molecule has 2 aromatic carbocycles. The maximum absolute atomic E-state index is 8.95. The average Bonchev–Trinajstić information content (AvgIpc) is 2.37. The van der Waals surface area contributed by atoms with E-state index < -0.39 is 0 Å². The fourth-order valence-corrected chi connectivity index (χ4v) is 1.87. The van der Waals surface area contributed by atoms with Gasteiger partial charge in [-0.05, 0) is 30.3 Å². The van der Waals surface area contributed by atoms with Crippen molar-refractivity contribution in [3.8, 4) is 5.75 Å². The third-order valence-electron chi connectivity index (χ3n) is 1.96. The van der Waals surface area contributed by atoms with Crippen molar-refractivity contribution in [3.05, 3.63) is 55.4 Å². The molecular weight excluding hydrogens is 351 g/mol. The van der Waals surface area contributed by atoms with Gasteiger partial charge in [0.2, 0.25) is 0 Å². The number of nitrogen functional groups attached to an aromatic ring is 1. The van der Waals surface area contributed by atoms with E-state index in [0.29, 0.717) is 20.8 Å². The third-order valence-corrected chi connectivity index (χ3v) is 3.98. The normalized spacial score (nSPS) is 9.74. The summed E-state index contributed by atoms with van der Waals surface area (Å²) < 4.78 is 0. The zero-order valence-electron chi connectivity index (χ0n) is 9.30. The van der Waals surface area contributed by atoms with Crippen LogP contribution in [0.2, 0.25) is 25.1 Å². The Hall–Kier alpha value is -0.510. The van der Waals surface area contributed by atoms with Gasteiger partial charge in [-0.3, -0.25) is 0 Å². The van der Waals surface area contributed by atoms with Gasteiger partial charge in [0.15, 0.2) is 0 Å². The van der Waals surface area contributed by atoms with Gasteiger partial charge in [0.1, 0.15) is 10.8 Å². The Morgan fingerprint density at radius 3 is 1.79 bits per heavy atom. The Morgan fingerprint density at radius 2 is 1.32 bits per heavy atom. The van der Waals surface area contributed by atoms with Gasteiger partial charge in [-0.2, -0.15) is 0 Å². The lowest BCUT2D eigenvalue weighted by molar-refractivity contribution is 0.475. The summed E-state index contributed by atoms with van der Waals surface area (Å²) in [5, 5.41) is 10.6. The average molecular weight is 359 g/mol. The largest absolute Gasteiger partial charge is 0.506 e. The van der Waals surface area contributed by atoms with Crippen LogP contribution in [0.3, 0.4) is 0 Å². The number of benzene rings is 2. The number of hydrogen-bond donors (Lipinski definition) is 2. The highest BCUT2D eigenvalue weighted by atomic mass is 35.5. The summed E-state index contributed by atoms with van der Waals surface area (Å²) in [6, 6.07) is 7.85. The highest BCUT2D eigenvalue weighted by Crippen LogP contribution is 2.35. The topological polar surface area (TPSA) is 46.2 Å². The summed E-state index contributed by atoms with van der Waals surface area (Å²) in [5.74, 6) is -0.0592. The van der Waals surface area contributed by atoms with Crippen molar-refractivity contribution in [1.29, 1.82) is 0 Å². The lowest BCUT2D eigenvalue weighted by atomic mass is 10.3. The lowest BCUT2D eigenvalue weighted by Gasteiger charge is -1.99. The summed E-state index contributed by atoms with van der Waals surface area (Å²) in [6.45, 7) is 0. The number of phenolic OH excluding ortho intramolecular Hbond substituents is 1. The van der Waals surface area contributed by atoms with Gasteiger partial charge in [0.25, 0.3) is 0 Å². The Bertz CT molecular complexity index is 562. The molecule has 0 saturated carbocycles. The zero-order chi connectivity index (χ0) is 14.6. The molecule has 102 valence electrons. The molecule has 0 fully saturated rings. The van der Waals surface area contributed by atoms with Crippen LogP contribution in [-0.4, -0.2) is 5.11 Å². The molecule has 0 aliphatic rings. The van der Waals surface area contributed by atoms with Crippen molar-refractivity contribution in [2.45, 2.75) is 0 Å². The van der Waals surface area contributed by atoms with Crippen LogP contribution in [-0.2, 0) is 0 Å². The second-order valence-corrected chi connectivity index (χ2v) is 5.35. The van der Waals surface area contributed by atoms with Crippen molar-refractivity contribution in [3.63, 3.8) is 0 Å². The van der Waals surface area contributed by atoms with Crippen LogP contribution < -0.4 is 5.73 Å². The molecule has 0 heterocycles. The lowest BCUT2D eigenvalue weighted by Crippen LogP contribution is -1.82. The number of halogens is 5. The van der Waals surface area contributed by atoms with Gasteiger partial charge in [-0.1, -0.05) is 58.0 Å². The minimum atomic E-state index is -0.0592. The van der Waals surface area contributed by atoms with Gasteiger partial charge in [0.05, 0.1) is 20.1 Å². The van der Waals surface area contributed by atoms with Crippen LogP contribution in [0.15, 0.2) is 30.3 Å². The van der Waals surface area contributed by atoms with E-state index in [1.807, 2.05) is 0 Å². The Kier molecular flexibility index (Phi) is 6.37. The van der Waals surface area contributed by atoms with Gasteiger partial charge in [0, 0.05) is 5.69 Å². The third kappa shape index (κ3) is 4.83. The minimum Gasteiger partial charge on any atom is -0.506 e. The molecule has 0 radical (unpaired) electrons. The van der Waals surface area contributed by atoms with Gasteiger partial charge in [-0.25, -0.2) is 0 Å². The van der Waals surface area contributed by atoms with E-state index in [-0.39, 0.29) is 15.8 Å². The summed E-state index contributed by atoms with van der Waals surface area (Å²) in [4.78, 5) is 0. The second kappa shape index (κ2) is 7.32. The number of anilines is 1. The van der Waals surface area contributed by atoms with E-state index in [0.717, 1.165) is 0 Å². The van der Waals surface area contributed by atoms with E-state index in [1.165, 1.54) is 12.1 Å². The van der Waals surface area contributed by atoms with Gasteiger partial charge >= 0.3 is 0 Å². The number of hydrogen-bond acceptors (Lipinski definition) is 2. The quantitative estimate of drug-likeness (QED) is 0.452. The standard InChI is InChI=1S/C6H3Cl3O.C6H5Cl2N/c7-3-1-2-4(10)6(9)5(3)8;7-5-2-1-4(9)3-6(5)8/h1-2,10H;1-3H,9H2. The zero-order valence-corrected chi connectivity index (χ0v) is 13.1. The molecule has 0 bridgehead atoms. The molecule has 0 aliphatic heterocycles. The molecule has 0 atom stereocenters. The van der Waals surface area contributed by atoms with Crippen LogP contribution in [0.5, 0.6) is 5.75 Å². The smallest absolute Gasteiger partial charge is 0.135 e. The summed E-state index contributed by atoms with van der Waals surface area (Å²) in [5.41, 5.74) is 6.01. The van der Waals surface area contributed by atoms with Crippen LogP contribution in [0.4, 0.5) is 5.69 Å². The predicted octanol–water partition coefficient (Wildman–Crippen LogP) is 5.93. The number of nitrogens with two attached hydrogens (primary N) is 1. The fourth-order valence-electron chi connectivity index (χ4n) is 1.03. The van der Waals surface area contributed by atoms with Crippen LogP contribution in [0.25, 0.3) is 0 Å². The SMILES string of the molecule is Nc1ccc(Cl)c(Cl)c1.Oc1ccc(Cl)c(Cl)c1Cl. The number of rotatable bonds is 0. The van der Waals surface area contributed by atoms with Crippen molar-refractivity contribution in [2.24, 2.45) is 0 Å². The van der Waals surface area contributed by atoms with E-state index in [9.17, 15) is 0 Å². The van der Waals surface area contributed by atoms with E-state index in [1.54, 1.807) is 18.2 Å². The number of aromatic hydroxyl groups is 1. The first kappa shape index (κ1) is 16.5. The molecule has 19 heavy (non-hydrogen) atoms. The number of phenols is 1. The summed E-state index contributed by atoms with van der Waals surface area (Å²) in [6.07, 6.45) is 0. The van der Waals surface area contributed by atoms with Gasteiger partial charge in [-0.15, -0.1) is 0 Å². The van der Waals surface area contributed by atoms with Crippen molar-refractivity contribution in [1.82, 2.24) is 0 Å². The monoisotopic (exact) mass is 357 g/mol. The molecule has 2 rings (SSSR count). The Morgan fingerprint density at radius 1 is 0.737 bits per heavy atom. The first-order valence-corrected chi connectivity index (χ1v) is 6.75. The van der Waals surface area contributed by atoms with E-state index in [4.69, 9.17) is 68.8 Å². The van der Waals surface area contributed by atoms with E-state index in [2.05, 4.69) is 0 Å². The second-order valence-electron chi connectivity index (χ2n) is 3.37. The van der Waals surface area contributed by atoms with E-state index >= 15 is 0 Å². The molecule has 0 spiro atoms. The highest BCUT2D eigenvalue weighted by Gasteiger charge is 2.06. The van der Waals surface area contributed by atoms with Gasteiger partial charge < -0.3 is 10.8 Å². The highest BCUT2D eigenvalue weighted by molar-refractivity contribution is 6.48. The molecule has 3 N–H and O–H groups in total. The Labute approximate surface area is 135 Å². The molecule has 0 aromatic heterocycles. The van der Waals surface area contributed by atoms with Crippen LogP contribution >= 0.6 is 58.0 Å². The maximum Gasteiger partial charge on any atom is 0.135 e. The predicted molar refractivity (Wildman–Crippen MR) is 84.0 cm³/mol. The maximum atomic E-state index is 8.95. The molecule has 2 nitrogen and oxygen atoms in total. The fraction of sp³-hybridized carbons (Fsp3) is 0. The summed E-state index contributed by atoms with van der Waals surface area (Å²) >= 11 is 27.8. The molecule has 0 aliphatic carbocycles. The molecule has 0 unspecified atom stereocenters. The molecule has 0 amide bonds. The van der Waals surface area contributed by atoms with Crippen molar-refractivity contribution < 1.29 is 5.11 Å². The summed E-state index contributed by atoms with van der Waals surface area (Å²) in [7, 11) is 0. The van der Waals surface area contributed by atoms with Crippen molar-refractivity contribution >= 4 is 63.7 Å². The van der Waals surface area contributed by atoms with Crippen molar-refractivity contribution in [2.75, 3.05) is 5.73 Å². The Balaban J connectivity index is 0.000000191. The minimum absolute atomic E-state index is 0.0592. The molecule has 2 aromatic rings. The molecule has 0 saturated heterocycles. The van der Waals surface area contributed by atoms with Crippen LogP contribution in [0, 0.1) is 0 Å². The molecule has 7 heteroatoms. The first-order chi connectivity index (χ1) is 8.82. The first-order valence-electron chi connectivity index (χ1n) is 4.86. The molecular formula is C12H8Cl5NO. The van der Waals surface area contributed by atoms with Crippen LogP contribution in [0.1, 0.15) is 0 Å².